The van der Waals surface area contributed by atoms with Crippen LogP contribution >= 0.6 is 7.82 Å². The highest BCUT2D eigenvalue weighted by molar-refractivity contribution is 7.46. The van der Waals surface area contributed by atoms with Gasteiger partial charge in [0.15, 0.2) is 0 Å². The summed E-state index contributed by atoms with van der Waals surface area (Å²) in [7, 11) is -4.38. The Morgan fingerprint density at radius 2 is 1.92 bits per heavy atom. The number of phosphoric ester groups is 1. The lowest BCUT2D eigenvalue weighted by atomic mass is 9.48. The van der Waals surface area contributed by atoms with E-state index in [1.165, 1.54) is 44.1 Å². The molecule has 6 atom stereocenters. The van der Waals surface area contributed by atoms with Gasteiger partial charge in [0, 0.05) is 0 Å². The molecule has 4 aliphatic carbocycles. The van der Waals surface area contributed by atoms with Crippen LogP contribution < -0.4 is 0 Å². The first-order valence-corrected chi connectivity index (χ1v) is 11.2. The minimum Gasteiger partial charge on any atom is -0.303 e. The molecule has 3 fully saturated rings. The maximum absolute atomic E-state index is 11.2. The first-order valence-electron chi connectivity index (χ1n) is 9.65. The summed E-state index contributed by atoms with van der Waals surface area (Å²) in [6, 6.07) is 0. The predicted octanol–water partition coefficient (Wildman–Crippen LogP) is 4.82. The molecule has 0 aromatic rings. The maximum atomic E-state index is 11.2. The van der Waals surface area contributed by atoms with Crippen LogP contribution in [-0.2, 0) is 9.09 Å². The highest BCUT2D eigenvalue weighted by atomic mass is 31.2. The van der Waals surface area contributed by atoms with E-state index in [9.17, 15) is 4.57 Å². The van der Waals surface area contributed by atoms with E-state index >= 15 is 0 Å². The van der Waals surface area contributed by atoms with Crippen LogP contribution in [0.3, 0.4) is 0 Å². The standard InChI is InChI=1S/C19H31O4P/c1-18-9-3-4-16(18)15-6-5-13-12-14(23-24(20,21)22)7-11-19(13,2)17(15)8-10-18/h5,14-17H,3-4,6-12H2,1-2H3,(H2,20,21,22). The Hall–Kier alpha value is -0.150. The summed E-state index contributed by atoms with van der Waals surface area (Å²) in [6.07, 6.45) is 12.6. The first kappa shape index (κ1) is 17.3. The van der Waals surface area contributed by atoms with Crippen molar-refractivity contribution in [3.63, 3.8) is 0 Å². The molecule has 4 nitrogen and oxygen atoms in total. The normalized spacial score (nSPS) is 48.2. The van der Waals surface area contributed by atoms with Crippen molar-refractivity contribution in [2.24, 2.45) is 28.6 Å². The second kappa shape index (κ2) is 5.67. The third kappa shape index (κ3) is 2.74. The van der Waals surface area contributed by atoms with Crippen LogP contribution in [0.4, 0.5) is 0 Å². The van der Waals surface area contributed by atoms with Gasteiger partial charge in [0.25, 0.3) is 0 Å². The second-order valence-electron chi connectivity index (χ2n) is 9.31. The zero-order chi connectivity index (χ0) is 17.2. The van der Waals surface area contributed by atoms with E-state index in [-0.39, 0.29) is 11.5 Å². The number of fused-ring (bicyclic) bond motifs is 5. The van der Waals surface area contributed by atoms with Gasteiger partial charge in [0.05, 0.1) is 6.10 Å². The maximum Gasteiger partial charge on any atom is 0.469 e. The number of allylic oxidation sites excluding steroid dienone is 1. The Morgan fingerprint density at radius 1 is 1.12 bits per heavy atom. The summed E-state index contributed by atoms with van der Waals surface area (Å²) in [5.74, 6) is 2.46. The van der Waals surface area contributed by atoms with Gasteiger partial charge in [-0.05, 0) is 80.0 Å². The van der Waals surface area contributed by atoms with Crippen LogP contribution in [-0.4, -0.2) is 15.9 Å². The molecule has 5 heteroatoms. The van der Waals surface area contributed by atoms with Crippen LogP contribution in [0.25, 0.3) is 0 Å². The Morgan fingerprint density at radius 3 is 2.67 bits per heavy atom. The van der Waals surface area contributed by atoms with E-state index in [1.807, 2.05) is 0 Å². The van der Waals surface area contributed by atoms with E-state index in [1.54, 1.807) is 0 Å². The highest BCUT2D eigenvalue weighted by Gasteiger charge is 2.56. The zero-order valence-electron chi connectivity index (χ0n) is 14.9. The number of rotatable bonds is 2. The van der Waals surface area contributed by atoms with E-state index in [0.717, 1.165) is 30.6 Å². The van der Waals surface area contributed by atoms with Crippen molar-refractivity contribution in [2.75, 3.05) is 0 Å². The van der Waals surface area contributed by atoms with Crippen LogP contribution in [0.1, 0.15) is 71.6 Å². The summed E-state index contributed by atoms with van der Waals surface area (Å²) in [6.45, 7) is 4.94. The van der Waals surface area contributed by atoms with Crippen LogP contribution in [0.5, 0.6) is 0 Å². The number of hydrogen-bond donors (Lipinski definition) is 2. The quantitative estimate of drug-likeness (QED) is 0.551. The lowest BCUT2D eigenvalue weighted by molar-refractivity contribution is -0.0357. The van der Waals surface area contributed by atoms with Crippen molar-refractivity contribution in [1.82, 2.24) is 0 Å². The molecule has 3 saturated carbocycles. The van der Waals surface area contributed by atoms with Gasteiger partial charge in [-0.1, -0.05) is 31.9 Å². The van der Waals surface area contributed by atoms with Crippen LogP contribution in [0.15, 0.2) is 11.6 Å². The van der Waals surface area contributed by atoms with Gasteiger partial charge in [0.1, 0.15) is 0 Å². The van der Waals surface area contributed by atoms with Gasteiger partial charge in [-0.3, -0.25) is 4.52 Å². The lowest BCUT2D eigenvalue weighted by Gasteiger charge is -2.57. The fourth-order valence-corrected chi connectivity index (χ4v) is 7.47. The Labute approximate surface area is 145 Å². The molecular formula is C19H31O4P. The molecule has 0 aliphatic heterocycles. The average Bonchev–Trinajstić information content (AvgIpc) is 2.88. The van der Waals surface area contributed by atoms with Crippen molar-refractivity contribution in [2.45, 2.75) is 77.7 Å². The van der Waals surface area contributed by atoms with Gasteiger partial charge in [-0.25, -0.2) is 4.57 Å². The topological polar surface area (TPSA) is 66.8 Å². The molecule has 0 heterocycles. The summed E-state index contributed by atoms with van der Waals surface area (Å²) >= 11 is 0. The molecule has 6 unspecified atom stereocenters. The smallest absolute Gasteiger partial charge is 0.303 e. The molecular weight excluding hydrogens is 323 g/mol. The lowest BCUT2D eigenvalue weighted by Crippen LogP contribution is -2.49. The summed E-state index contributed by atoms with van der Waals surface area (Å²) in [4.78, 5) is 18.2. The molecule has 0 spiro atoms. The monoisotopic (exact) mass is 354 g/mol. The largest absolute Gasteiger partial charge is 0.469 e. The fourth-order valence-electron chi connectivity index (χ4n) is 6.90. The molecule has 4 rings (SSSR count). The SMILES string of the molecule is CC12CCCC1C1CC=C3CC(OP(=O)(O)O)CCC3(C)C1CC2. The third-order valence-corrected chi connectivity index (χ3v) is 8.70. The predicted molar refractivity (Wildman–Crippen MR) is 93.2 cm³/mol. The Balaban J connectivity index is 1.57. The second-order valence-corrected chi connectivity index (χ2v) is 10.5. The molecule has 0 amide bonds. The van der Waals surface area contributed by atoms with E-state index in [2.05, 4.69) is 19.9 Å². The van der Waals surface area contributed by atoms with Crippen molar-refractivity contribution in [3.05, 3.63) is 11.6 Å². The Kier molecular flexibility index (Phi) is 4.08. The minimum atomic E-state index is -4.38. The van der Waals surface area contributed by atoms with Crippen molar-refractivity contribution < 1.29 is 18.9 Å². The van der Waals surface area contributed by atoms with Gasteiger partial charge < -0.3 is 9.79 Å². The van der Waals surface area contributed by atoms with Gasteiger partial charge >= 0.3 is 7.82 Å². The van der Waals surface area contributed by atoms with Gasteiger partial charge in [-0.2, -0.15) is 0 Å². The molecule has 24 heavy (non-hydrogen) atoms. The molecule has 0 aromatic carbocycles. The molecule has 2 N–H and O–H groups in total. The highest BCUT2D eigenvalue weighted by Crippen LogP contribution is 2.65. The Bertz CT molecular complexity index is 596. The molecule has 0 saturated heterocycles. The van der Waals surface area contributed by atoms with E-state index in [4.69, 9.17) is 14.3 Å². The fraction of sp³-hybridized carbons (Fsp3) is 0.895. The molecule has 0 bridgehead atoms. The van der Waals surface area contributed by atoms with E-state index in [0.29, 0.717) is 11.8 Å². The van der Waals surface area contributed by atoms with Crippen molar-refractivity contribution >= 4 is 7.82 Å². The van der Waals surface area contributed by atoms with Gasteiger partial charge in [0.2, 0.25) is 0 Å². The summed E-state index contributed by atoms with van der Waals surface area (Å²) < 4.78 is 16.2. The van der Waals surface area contributed by atoms with Crippen LogP contribution in [0, 0.1) is 28.6 Å². The summed E-state index contributed by atoms with van der Waals surface area (Å²) in [5.41, 5.74) is 2.21. The minimum absolute atomic E-state index is 0.224. The third-order valence-electron chi connectivity index (χ3n) is 8.13. The van der Waals surface area contributed by atoms with Crippen molar-refractivity contribution in [3.8, 4) is 0 Å². The van der Waals surface area contributed by atoms with Crippen LogP contribution in [0.2, 0.25) is 0 Å². The first-order chi connectivity index (χ1) is 11.2. The molecule has 0 aromatic heterocycles. The number of hydrogen-bond acceptors (Lipinski definition) is 2. The van der Waals surface area contributed by atoms with E-state index < -0.39 is 7.82 Å². The summed E-state index contributed by atoms with van der Waals surface area (Å²) in [5, 5.41) is 0. The molecule has 136 valence electrons. The van der Waals surface area contributed by atoms with Crippen molar-refractivity contribution in [1.29, 1.82) is 0 Å². The zero-order valence-corrected chi connectivity index (χ0v) is 15.8. The molecule has 0 radical (unpaired) electrons. The number of phosphoric acid groups is 1. The average molecular weight is 354 g/mol. The van der Waals surface area contributed by atoms with Gasteiger partial charge in [-0.15, -0.1) is 0 Å². The molecule has 4 aliphatic rings.